The number of nitrogens with zero attached hydrogens (tertiary/aromatic N) is 1. The van der Waals surface area contributed by atoms with Gasteiger partial charge in [0, 0.05) is 12.6 Å². The van der Waals surface area contributed by atoms with Crippen LogP contribution in [0.5, 0.6) is 0 Å². The molecule has 1 unspecified atom stereocenters. The standard InChI is InChI=1S/C9H20N2O/c1-9(7-12,10-2)6-11(3)8-4-5-8/h8,10,12H,4-7H2,1-3H3. The summed E-state index contributed by atoms with van der Waals surface area (Å²) in [6.07, 6.45) is 2.64. The van der Waals surface area contributed by atoms with Gasteiger partial charge < -0.3 is 15.3 Å². The SMILES string of the molecule is CNC(C)(CO)CN(C)C1CC1. The Labute approximate surface area is 74.8 Å². The average Bonchev–Trinajstić information content (AvgIpc) is 2.86. The van der Waals surface area contributed by atoms with E-state index >= 15 is 0 Å². The van der Waals surface area contributed by atoms with E-state index in [1.165, 1.54) is 12.8 Å². The molecule has 1 saturated carbocycles. The Hall–Kier alpha value is -0.120. The lowest BCUT2D eigenvalue weighted by Crippen LogP contribution is -2.52. The fourth-order valence-corrected chi connectivity index (χ4v) is 1.40. The van der Waals surface area contributed by atoms with Crippen molar-refractivity contribution >= 4 is 0 Å². The Morgan fingerprint density at radius 1 is 1.58 bits per heavy atom. The summed E-state index contributed by atoms with van der Waals surface area (Å²) in [5, 5.41) is 12.3. The van der Waals surface area contributed by atoms with Crippen molar-refractivity contribution in [3.63, 3.8) is 0 Å². The molecule has 1 aliphatic rings. The molecule has 2 N–H and O–H groups in total. The van der Waals surface area contributed by atoms with Crippen molar-refractivity contribution in [2.45, 2.75) is 31.3 Å². The number of aliphatic hydroxyl groups is 1. The molecule has 1 fully saturated rings. The van der Waals surface area contributed by atoms with Crippen LogP contribution < -0.4 is 5.32 Å². The van der Waals surface area contributed by atoms with E-state index in [1.54, 1.807) is 0 Å². The van der Waals surface area contributed by atoms with Crippen LogP contribution in [0.1, 0.15) is 19.8 Å². The lowest BCUT2D eigenvalue weighted by atomic mass is 10.0. The van der Waals surface area contributed by atoms with Crippen LogP contribution in [-0.2, 0) is 0 Å². The van der Waals surface area contributed by atoms with Gasteiger partial charge in [-0.2, -0.15) is 0 Å². The van der Waals surface area contributed by atoms with Gasteiger partial charge in [-0.25, -0.2) is 0 Å². The number of likely N-dealkylation sites (N-methyl/N-ethyl adjacent to an activating group) is 2. The van der Waals surface area contributed by atoms with Crippen molar-refractivity contribution < 1.29 is 5.11 Å². The van der Waals surface area contributed by atoms with Crippen LogP contribution >= 0.6 is 0 Å². The lowest BCUT2D eigenvalue weighted by molar-refractivity contribution is 0.136. The quantitative estimate of drug-likeness (QED) is 0.615. The molecule has 0 aromatic rings. The summed E-state index contributed by atoms with van der Waals surface area (Å²) in [5.74, 6) is 0. The maximum atomic E-state index is 9.15. The first-order valence-corrected chi connectivity index (χ1v) is 4.61. The number of rotatable bonds is 5. The zero-order chi connectivity index (χ0) is 9.19. The van der Waals surface area contributed by atoms with Crippen molar-refractivity contribution in [3.8, 4) is 0 Å². The van der Waals surface area contributed by atoms with E-state index in [0.29, 0.717) is 0 Å². The second-order valence-corrected chi connectivity index (χ2v) is 4.12. The molecule has 3 nitrogen and oxygen atoms in total. The Morgan fingerprint density at radius 2 is 2.17 bits per heavy atom. The molecule has 0 radical (unpaired) electrons. The van der Waals surface area contributed by atoms with Crippen molar-refractivity contribution in [2.24, 2.45) is 0 Å². The number of aliphatic hydroxyl groups excluding tert-OH is 1. The van der Waals surface area contributed by atoms with Crippen molar-refractivity contribution in [2.75, 3.05) is 27.2 Å². The summed E-state index contributed by atoms with van der Waals surface area (Å²) >= 11 is 0. The normalized spacial score (nSPS) is 22.8. The van der Waals surface area contributed by atoms with E-state index in [1.807, 2.05) is 14.0 Å². The highest BCUT2D eigenvalue weighted by Crippen LogP contribution is 2.26. The van der Waals surface area contributed by atoms with Gasteiger partial charge in [0.15, 0.2) is 0 Å². The van der Waals surface area contributed by atoms with Crippen LogP contribution in [0.25, 0.3) is 0 Å². The lowest BCUT2D eigenvalue weighted by Gasteiger charge is -2.31. The van der Waals surface area contributed by atoms with Gasteiger partial charge in [0.2, 0.25) is 0 Å². The molecule has 0 aromatic heterocycles. The van der Waals surface area contributed by atoms with Gasteiger partial charge in [0.05, 0.1) is 12.1 Å². The maximum absolute atomic E-state index is 9.15. The molecule has 3 heteroatoms. The smallest absolute Gasteiger partial charge is 0.0623 e. The van der Waals surface area contributed by atoms with Crippen molar-refractivity contribution in [1.29, 1.82) is 0 Å². The second-order valence-electron chi connectivity index (χ2n) is 4.12. The van der Waals surface area contributed by atoms with Crippen LogP contribution in [0.4, 0.5) is 0 Å². The van der Waals surface area contributed by atoms with Crippen LogP contribution in [0, 0.1) is 0 Å². The minimum Gasteiger partial charge on any atom is -0.394 e. The Kier molecular flexibility index (Phi) is 3.09. The molecule has 1 rings (SSSR count). The zero-order valence-corrected chi connectivity index (χ0v) is 8.30. The molecular weight excluding hydrogens is 152 g/mol. The first kappa shape index (κ1) is 9.96. The van der Waals surface area contributed by atoms with Gasteiger partial charge in [0.1, 0.15) is 0 Å². The van der Waals surface area contributed by atoms with Gasteiger partial charge in [-0.15, -0.1) is 0 Å². The summed E-state index contributed by atoms with van der Waals surface area (Å²) < 4.78 is 0. The fraction of sp³-hybridized carbons (Fsp3) is 1.00. The predicted molar refractivity (Wildman–Crippen MR) is 50.2 cm³/mol. The van der Waals surface area contributed by atoms with Gasteiger partial charge in [-0.1, -0.05) is 0 Å². The van der Waals surface area contributed by atoms with Gasteiger partial charge in [0.25, 0.3) is 0 Å². The van der Waals surface area contributed by atoms with Crippen molar-refractivity contribution in [3.05, 3.63) is 0 Å². The summed E-state index contributed by atoms with van der Waals surface area (Å²) in [4.78, 5) is 2.33. The van der Waals surface area contributed by atoms with E-state index < -0.39 is 0 Å². The number of hydrogen-bond donors (Lipinski definition) is 2. The minimum absolute atomic E-state index is 0.142. The molecule has 1 atom stereocenters. The van der Waals surface area contributed by atoms with E-state index in [-0.39, 0.29) is 12.1 Å². The molecule has 0 aliphatic heterocycles. The summed E-state index contributed by atoms with van der Waals surface area (Å²) in [6, 6.07) is 0.768. The van der Waals surface area contributed by atoms with Gasteiger partial charge >= 0.3 is 0 Å². The van der Waals surface area contributed by atoms with Crippen LogP contribution in [0.15, 0.2) is 0 Å². The Bertz CT molecular complexity index is 141. The summed E-state index contributed by atoms with van der Waals surface area (Å²) in [5.41, 5.74) is -0.142. The second kappa shape index (κ2) is 3.73. The van der Waals surface area contributed by atoms with Crippen LogP contribution in [-0.4, -0.2) is 48.8 Å². The highest BCUT2D eigenvalue weighted by atomic mass is 16.3. The van der Waals surface area contributed by atoms with E-state index in [2.05, 4.69) is 17.3 Å². The molecule has 0 spiro atoms. The highest BCUT2D eigenvalue weighted by Gasteiger charge is 2.31. The molecule has 0 saturated heterocycles. The van der Waals surface area contributed by atoms with E-state index in [9.17, 15) is 0 Å². The van der Waals surface area contributed by atoms with Crippen LogP contribution in [0.2, 0.25) is 0 Å². The fourth-order valence-electron chi connectivity index (χ4n) is 1.40. The number of nitrogens with one attached hydrogen (secondary N) is 1. The first-order chi connectivity index (χ1) is 5.61. The topological polar surface area (TPSA) is 35.5 Å². The third kappa shape index (κ3) is 2.44. The van der Waals surface area contributed by atoms with Crippen molar-refractivity contribution in [1.82, 2.24) is 10.2 Å². The third-order valence-corrected chi connectivity index (χ3v) is 2.72. The van der Waals surface area contributed by atoms with E-state index in [4.69, 9.17) is 5.11 Å². The molecule has 0 bridgehead atoms. The minimum atomic E-state index is -0.142. The molecule has 12 heavy (non-hydrogen) atoms. The number of hydrogen-bond acceptors (Lipinski definition) is 3. The third-order valence-electron chi connectivity index (χ3n) is 2.72. The molecule has 0 heterocycles. The van der Waals surface area contributed by atoms with Gasteiger partial charge in [-0.3, -0.25) is 0 Å². The Morgan fingerprint density at radius 3 is 2.50 bits per heavy atom. The molecular formula is C9H20N2O. The molecule has 72 valence electrons. The monoisotopic (exact) mass is 172 g/mol. The highest BCUT2D eigenvalue weighted by molar-refractivity contribution is 4.90. The van der Waals surface area contributed by atoms with Gasteiger partial charge in [-0.05, 0) is 33.9 Å². The van der Waals surface area contributed by atoms with E-state index in [0.717, 1.165) is 12.6 Å². The Balaban J connectivity index is 2.34. The maximum Gasteiger partial charge on any atom is 0.0623 e. The summed E-state index contributed by atoms with van der Waals surface area (Å²) in [6.45, 7) is 3.16. The van der Waals surface area contributed by atoms with Crippen LogP contribution in [0.3, 0.4) is 0 Å². The predicted octanol–water partition coefficient (Wildman–Crippen LogP) is 0.0510. The molecule has 1 aliphatic carbocycles. The zero-order valence-electron chi connectivity index (χ0n) is 8.30. The average molecular weight is 172 g/mol. The molecule has 0 amide bonds. The molecule has 0 aromatic carbocycles. The largest absolute Gasteiger partial charge is 0.394 e. The summed E-state index contributed by atoms with van der Waals surface area (Å²) in [7, 11) is 4.03. The first-order valence-electron chi connectivity index (χ1n) is 4.61.